The van der Waals surface area contributed by atoms with Crippen molar-refractivity contribution < 1.29 is 4.74 Å². The first kappa shape index (κ1) is 14.4. The number of nitrogen functional groups attached to an aromatic ring is 1. The lowest BCUT2D eigenvalue weighted by molar-refractivity contribution is 0.292. The molecule has 0 bridgehead atoms. The molecule has 0 spiro atoms. The maximum absolute atomic E-state index is 5.59. The van der Waals surface area contributed by atoms with Gasteiger partial charge < -0.3 is 20.7 Å². The van der Waals surface area contributed by atoms with Crippen LogP contribution in [0.1, 0.15) is 19.8 Å². The SMILES string of the molecule is CCCOc1nc(N)nc(NCCCN(C)C)n1. The third kappa shape index (κ3) is 5.62. The summed E-state index contributed by atoms with van der Waals surface area (Å²) in [7, 11) is 4.08. The Morgan fingerprint density at radius 2 is 2.06 bits per heavy atom. The highest BCUT2D eigenvalue weighted by atomic mass is 16.5. The zero-order valence-corrected chi connectivity index (χ0v) is 11.3. The molecule has 0 fully saturated rings. The first-order chi connectivity index (χ1) is 8.61. The number of anilines is 2. The van der Waals surface area contributed by atoms with Crippen LogP contribution in [0.4, 0.5) is 11.9 Å². The van der Waals surface area contributed by atoms with E-state index in [1.54, 1.807) is 0 Å². The zero-order chi connectivity index (χ0) is 13.4. The van der Waals surface area contributed by atoms with Gasteiger partial charge in [0.25, 0.3) is 0 Å². The van der Waals surface area contributed by atoms with E-state index in [0.29, 0.717) is 12.6 Å². The quantitative estimate of drug-likeness (QED) is 0.657. The van der Waals surface area contributed by atoms with E-state index in [4.69, 9.17) is 10.5 Å². The normalized spacial score (nSPS) is 10.7. The van der Waals surface area contributed by atoms with E-state index in [1.165, 1.54) is 0 Å². The van der Waals surface area contributed by atoms with Gasteiger partial charge in [-0.25, -0.2) is 0 Å². The Kier molecular flexibility index (Phi) is 6.13. The molecule has 1 aromatic heterocycles. The van der Waals surface area contributed by atoms with Crippen molar-refractivity contribution in [2.45, 2.75) is 19.8 Å². The summed E-state index contributed by atoms with van der Waals surface area (Å²) in [6.07, 6.45) is 1.90. The summed E-state index contributed by atoms with van der Waals surface area (Å²) in [5, 5.41) is 3.11. The molecule has 7 nitrogen and oxygen atoms in total. The molecule has 0 aromatic carbocycles. The molecule has 0 aliphatic carbocycles. The molecule has 102 valence electrons. The standard InChI is InChI=1S/C11H22N6O/c1-4-8-18-11-15-9(12)14-10(16-11)13-6-5-7-17(2)3/h4-8H2,1-3H3,(H3,12,13,14,15,16). The molecule has 0 unspecified atom stereocenters. The van der Waals surface area contributed by atoms with Gasteiger partial charge in [-0.1, -0.05) is 6.92 Å². The molecule has 1 aromatic rings. The number of hydrogen-bond acceptors (Lipinski definition) is 7. The van der Waals surface area contributed by atoms with Crippen LogP contribution < -0.4 is 15.8 Å². The fourth-order valence-electron chi connectivity index (χ4n) is 1.30. The van der Waals surface area contributed by atoms with Gasteiger partial charge in [0.15, 0.2) is 0 Å². The number of ether oxygens (including phenoxy) is 1. The highest BCUT2D eigenvalue weighted by molar-refractivity contribution is 5.32. The van der Waals surface area contributed by atoms with Crippen LogP contribution in [-0.4, -0.2) is 53.6 Å². The van der Waals surface area contributed by atoms with Crippen LogP contribution >= 0.6 is 0 Å². The van der Waals surface area contributed by atoms with Crippen molar-refractivity contribution in [1.29, 1.82) is 0 Å². The molecule has 0 radical (unpaired) electrons. The van der Waals surface area contributed by atoms with Crippen LogP contribution in [-0.2, 0) is 0 Å². The first-order valence-corrected chi connectivity index (χ1v) is 6.14. The molecular weight excluding hydrogens is 232 g/mol. The van der Waals surface area contributed by atoms with Gasteiger partial charge in [0.1, 0.15) is 0 Å². The smallest absolute Gasteiger partial charge is 0.323 e. The number of aromatic nitrogens is 3. The van der Waals surface area contributed by atoms with Gasteiger partial charge in [-0.3, -0.25) is 0 Å². The molecule has 0 amide bonds. The van der Waals surface area contributed by atoms with Crippen molar-refractivity contribution in [3.63, 3.8) is 0 Å². The lowest BCUT2D eigenvalue weighted by Crippen LogP contribution is -2.17. The summed E-state index contributed by atoms with van der Waals surface area (Å²) in [4.78, 5) is 14.2. The molecule has 0 saturated heterocycles. The molecule has 1 rings (SSSR count). The molecule has 0 saturated carbocycles. The fraction of sp³-hybridized carbons (Fsp3) is 0.727. The second-order valence-electron chi connectivity index (χ2n) is 4.23. The third-order valence-corrected chi connectivity index (χ3v) is 2.13. The molecular formula is C11H22N6O. The van der Waals surface area contributed by atoms with Crippen molar-refractivity contribution in [2.24, 2.45) is 0 Å². The Balaban J connectivity index is 2.46. The highest BCUT2D eigenvalue weighted by Crippen LogP contribution is 2.09. The van der Waals surface area contributed by atoms with E-state index in [-0.39, 0.29) is 12.0 Å². The summed E-state index contributed by atoms with van der Waals surface area (Å²) >= 11 is 0. The number of nitrogens with two attached hydrogens (primary N) is 1. The summed E-state index contributed by atoms with van der Waals surface area (Å²) < 4.78 is 5.33. The monoisotopic (exact) mass is 254 g/mol. The Bertz CT molecular complexity index is 357. The molecule has 0 atom stereocenters. The molecule has 18 heavy (non-hydrogen) atoms. The Morgan fingerprint density at radius 3 is 2.72 bits per heavy atom. The van der Waals surface area contributed by atoms with Crippen LogP contribution in [0.2, 0.25) is 0 Å². The second-order valence-corrected chi connectivity index (χ2v) is 4.23. The van der Waals surface area contributed by atoms with Gasteiger partial charge in [-0.2, -0.15) is 15.0 Å². The molecule has 0 aliphatic rings. The average molecular weight is 254 g/mol. The van der Waals surface area contributed by atoms with Gasteiger partial charge in [0, 0.05) is 6.54 Å². The van der Waals surface area contributed by atoms with Gasteiger partial charge in [-0.05, 0) is 33.5 Å². The van der Waals surface area contributed by atoms with Gasteiger partial charge in [-0.15, -0.1) is 0 Å². The Morgan fingerprint density at radius 1 is 1.28 bits per heavy atom. The number of rotatable bonds is 8. The van der Waals surface area contributed by atoms with E-state index < -0.39 is 0 Å². The number of hydrogen-bond donors (Lipinski definition) is 2. The van der Waals surface area contributed by atoms with Crippen molar-refractivity contribution in [3.05, 3.63) is 0 Å². The molecule has 0 aliphatic heterocycles. The van der Waals surface area contributed by atoms with Crippen molar-refractivity contribution in [1.82, 2.24) is 19.9 Å². The summed E-state index contributed by atoms with van der Waals surface area (Å²) in [6.45, 7) is 4.39. The topological polar surface area (TPSA) is 89.2 Å². The Labute approximate surface area is 108 Å². The minimum absolute atomic E-state index is 0.172. The lowest BCUT2D eigenvalue weighted by atomic mass is 10.4. The van der Waals surface area contributed by atoms with E-state index in [9.17, 15) is 0 Å². The fourth-order valence-corrected chi connectivity index (χ4v) is 1.30. The number of nitrogens with one attached hydrogen (secondary N) is 1. The minimum atomic E-state index is 0.172. The van der Waals surface area contributed by atoms with E-state index in [2.05, 4.69) is 25.2 Å². The van der Waals surface area contributed by atoms with Gasteiger partial charge in [0.2, 0.25) is 11.9 Å². The zero-order valence-electron chi connectivity index (χ0n) is 11.3. The van der Waals surface area contributed by atoms with Crippen LogP contribution in [0.3, 0.4) is 0 Å². The summed E-state index contributed by atoms with van der Waals surface area (Å²) in [6, 6.07) is 0.277. The number of nitrogens with zero attached hydrogens (tertiary/aromatic N) is 4. The molecule has 7 heteroatoms. The predicted octanol–water partition coefficient (Wildman–Crippen LogP) is 0.606. The van der Waals surface area contributed by atoms with Crippen molar-refractivity contribution in [2.75, 3.05) is 44.8 Å². The summed E-state index contributed by atoms with van der Waals surface area (Å²) in [5.41, 5.74) is 5.59. The first-order valence-electron chi connectivity index (χ1n) is 6.14. The van der Waals surface area contributed by atoms with Crippen LogP contribution in [0.25, 0.3) is 0 Å². The predicted molar refractivity (Wildman–Crippen MR) is 71.7 cm³/mol. The van der Waals surface area contributed by atoms with E-state index in [1.807, 2.05) is 21.0 Å². The van der Waals surface area contributed by atoms with Crippen LogP contribution in [0, 0.1) is 0 Å². The van der Waals surface area contributed by atoms with Gasteiger partial charge in [0.05, 0.1) is 6.61 Å². The van der Waals surface area contributed by atoms with Crippen LogP contribution in [0.5, 0.6) is 6.01 Å². The third-order valence-electron chi connectivity index (χ3n) is 2.13. The minimum Gasteiger partial charge on any atom is -0.463 e. The summed E-state index contributed by atoms with van der Waals surface area (Å²) in [5.74, 6) is 0.638. The highest BCUT2D eigenvalue weighted by Gasteiger charge is 2.04. The lowest BCUT2D eigenvalue weighted by Gasteiger charge is -2.10. The second kappa shape index (κ2) is 7.65. The van der Waals surface area contributed by atoms with Crippen LogP contribution in [0.15, 0.2) is 0 Å². The Hall–Kier alpha value is -1.63. The van der Waals surface area contributed by atoms with Crippen molar-refractivity contribution >= 4 is 11.9 Å². The largest absolute Gasteiger partial charge is 0.463 e. The molecule has 1 heterocycles. The maximum atomic E-state index is 5.59. The van der Waals surface area contributed by atoms with E-state index >= 15 is 0 Å². The average Bonchev–Trinajstić information content (AvgIpc) is 2.31. The maximum Gasteiger partial charge on any atom is 0.323 e. The van der Waals surface area contributed by atoms with Gasteiger partial charge >= 0.3 is 6.01 Å². The van der Waals surface area contributed by atoms with Crippen molar-refractivity contribution in [3.8, 4) is 6.01 Å². The van der Waals surface area contributed by atoms with E-state index in [0.717, 1.165) is 25.9 Å². The molecule has 3 N–H and O–H groups in total.